The Balaban J connectivity index is 2.08. The Labute approximate surface area is 153 Å². The predicted molar refractivity (Wildman–Crippen MR) is 105 cm³/mol. The second-order valence-electron chi connectivity index (χ2n) is 6.34. The van der Waals surface area contributed by atoms with Crippen molar-refractivity contribution in [3.8, 4) is 5.69 Å². The maximum Gasteiger partial charge on any atom is 0.266 e. The van der Waals surface area contributed by atoms with Gasteiger partial charge in [-0.05, 0) is 45.0 Å². The number of nitrogens with zero attached hydrogens (tertiary/aromatic N) is 2. The summed E-state index contributed by atoms with van der Waals surface area (Å²) >= 11 is 0. The molecule has 0 fully saturated rings. The van der Waals surface area contributed by atoms with Crippen molar-refractivity contribution in [1.29, 1.82) is 0 Å². The molecule has 5 heteroatoms. The molecule has 1 unspecified atom stereocenters. The van der Waals surface area contributed by atoms with Crippen LogP contribution in [0.1, 0.15) is 31.3 Å². The fourth-order valence-electron chi connectivity index (χ4n) is 2.97. The molecule has 1 atom stereocenters. The van der Waals surface area contributed by atoms with E-state index < -0.39 is 0 Å². The van der Waals surface area contributed by atoms with Crippen LogP contribution in [-0.2, 0) is 4.74 Å². The van der Waals surface area contributed by atoms with Crippen LogP contribution >= 0.6 is 0 Å². The van der Waals surface area contributed by atoms with Gasteiger partial charge in [0, 0.05) is 13.2 Å². The lowest BCUT2D eigenvalue weighted by atomic mass is 10.2. The number of benzene rings is 2. The first-order chi connectivity index (χ1) is 12.6. The van der Waals surface area contributed by atoms with Crippen molar-refractivity contribution in [1.82, 2.24) is 14.9 Å². The van der Waals surface area contributed by atoms with Crippen molar-refractivity contribution in [3.05, 3.63) is 70.3 Å². The standard InChI is InChI=1S/C21H25N3O2/c1-4-26-14-13-22-16(3)20-23-19-8-6-5-7-18(19)21(25)24(20)17-11-9-15(2)10-12-17/h5-12,16,22H,4,13-14H2,1-3H3. The molecule has 5 nitrogen and oxygen atoms in total. The highest BCUT2D eigenvalue weighted by atomic mass is 16.5. The van der Waals surface area contributed by atoms with Crippen LogP contribution in [0.15, 0.2) is 53.3 Å². The van der Waals surface area contributed by atoms with Crippen LogP contribution in [0.2, 0.25) is 0 Å². The van der Waals surface area contributed by atoms with Crippen LogP contribution in [0.3, 0.4) is 0 Å². The summed E-state index contributed by atoms with van der Waals surface area (Å²) < 4.78 is 7.10. The summed E-state index contributed by atoms with van der Waals surface area (Å²) in [6, 6.07) is 15.3. The molecule has 0 saturated heterocycles. The van der Waals surface area contributed by atoms with E-state index in [2.05, 4.69) is 5.32 Å². The Morgan fingerprint density at radius 2 is 1.88 bits per heavy atom. The zero-order chi connectivity index (χ0) is 18.5. The van der Waals surface area contributed by atoms with Crippen LogP contribution in [-0.4, -0.2) is 29.3 Å². The zero-order valence-electron chi connectivity index (χ0n) is 15.5. The number of hydrogen-bond acceptors (Lipinski definition) is 4. The van der Waals surface area contributed by atoms with Crippen molar-refractivity contribution < 1.29 is 4.74 Å². The maximum absolute atomic E-state index is 13.2. The van der Waals surface area contributed by atoms with Gasteiger partial charge in [-0.2, -0.15) is 0 Å². The molecule has 0 spiro atoms. The fraction of sp³-hybridized carbons (Fsp3) is 0.333. The van der Waals surface area contributed by atoms with Gasteiger partial charge in [0.15, 0.2) is 0 Å². The van der Waals surface area contributed by atoms with E-state index in [4.69, 9.17) is 9.72 Å². The number of aryl methyl sites for hydroxylation is 1. The topological polar surface area (TPSA) is 56.1 Å². The van der Waals surface area contributed by atoms with Gasteiger partial charge in [0.1, 0.15) is 5.82 Å². The second-order valence-corrected chi connectivity index (χ2v) is 6.34. The molecular formula is C21H25N3O2. The molecule has 1 heterocycles. The molecule has 3 rings (SSSR count). The van der Waals surface area contributed by atoms with Gasteiger partial charge in [-0.1, -0.05) is 29.8 Å². The number of aromatic nitrogens is 2. The third kappa shape index (κ3) is 3.84. The zero-order valence-corrected chi connectivity index (χ0v) is 15.5. The SMILES string of the molecule is CCOCCNC(C)c1nc2ccccc2c(=O)n1-c1ccc(C)cc1. The molecule has 0 amide bonds. The molecule has 0 saturated carbocycles. The third-order valence-electron chi connectivity index (χ3n) is 4.38. The molecule has 26 heavy (non-hydrogen) atoms. The van der Waals surface area contributed by atoms with Gasteiger partial charge in [-0.15, -0.1) is 0 Å². The minimum Gasteiger partial charge on any atom is -0.380 e. The van der Waals surface area contributed by atoms with Gasteiger partial charge >= 0.3 is 0 Å². The second kappa shape index (κ2) is 8.25. The summed E-state index contributed by atoms with van der Waals surface area (Å²) in [4.78, 5) is 18.0. The van der Waals surface area contributed by atoms with Gasteiger partial charge < -0.3 is 10.1 Å². The van der Waals surface area contributed by atoms with Gasteiger partial charge in [-0.25, -0.2) is 4.98 Å². The van der Waals surface area contributed by atoms with E-state index >= 15 is 0 Å². The Kier molecular flexibility index (Phi) is 5.81. The smallest absolute Gasteiger partial charge is 0.266 e. The van der Waals surface area contributed by atoms with E-state index in [9.17, 15) is 4.79 Å². The largest absolute Gasteiger partial charge is 0.380 e. The number of para-hydroxylation sites is 1. The first kappa shape index (κ1) is 18.3. The van der Waals surface area contributed by atoms with Crippen LogP contribution in [0.4, 0.5) is 0 Å². The molecular weight excluding hydrogens is 326 g/mol. The third-order valence-corrected chi connectivity index (χ3v) is 4.38. The molecule has 3 aromatic rings. The first-order valence-corrected chi connectivity index (χ1v) is 9.01. The maximum atomic E-state index is 13.2. The molecule has 0 aliphatic heterocycles. The summed E-state index contributed by atoms with van der Waals surface area (Å²) in [5, 5.41) is 4.02. The highest BCUT2D eigenvalue weighted by Gasteiger charge is 2.17. The van der Waals surface area contributed by atoms with Crippen molar-refractivity contribution in [3.63, 3.8) is 0 Å². The minimum absolute atomic E-state index is 0.0482. The average Bonchev–Trinajstić information content (AvgIpc) is 2.66. The van der Waals surface area contributed by atoms with E-state index in [0.717, 1.165) is 11.3 Å². The molecule has 0 aliphatic carbocycles. The van der Waals surface area contributed by atoms with E-state index in [0.29, 0.717) is 36.5 Å². The molecule has 0 bridgehead atoms. The van der Waals surface area contributed by atoms with Crippen LogP contribution in [0, 0.1) is 6.92 Å². The van der Waals surface area contributed by atoms with Crippen molar-refractivity contribution >= 4 is 10.9 Å². The summed E-state index contributed by atoms with van der Waals surface area (Å²) in [6.07, 6.45) is 0. The molecule has 0 aliphatic rings. The summed E-state index contributed by atoms with van der Waals surface area (Å²) in [7, 11) is 0. The number of fused-ring (bicyclic) bond motifs is 1. The van der Waals surface area contributed by atoms with Crippen LogP contribution < -0.4 is 10.9 Å². The van der Waals surface area contributed by atoms with E-state index in [-0.39, 0.29) is 11.6 Å². The Bertz CT molecular complexity index is 932. The normalized spacial score (nSPS) is 12.4. The summed E-state index contributed by atoms with van der Waals surface area (Å²) in [5.41, 5.74) is 2.65. The van der Waals surface area contributed by atoms with E-state index in [1.54, 1.807) is 4.57 Å². The lowest BCUT2D eigenvalue weighted by Crippen LogP contribution is -2.31. The lowest BCUT2D eigenvalue weighted by Gasteiger charge is -2.20. The van der Waals surface area contributed by atoms with E-state index in [1.165, 1.54) is 0 Å². The van der Waals surface area contributed by atoms with Gasteiger partial charge in [0.25, 0.3) is 5.56 Å². The van der Waals surface area contributed by atoms with Crippen molar-refractivity contribution in [2.24, 2.45) is 0 Å². The van der Waals surface area contributed by atoms with Crippen LogP contribution in [0.5, 0.6) is 0 Å². The van der Waals surface area contributed by atoms with Gasteiger partial charge in [0.05, 0.1) is 29.2 Å². The monoisotopic (exact) mass is 351 g/mol. The number of hydrogen-bond donors (Lipinski definition) is 1. The lowest BCUT2D eigenvalue weighted by molar-refractivity contribution is 0.147. The molecule has 1 N–H and O–H groups in total. The molecule has 2 aromatic carbocycles. The Hall–Kier alpha value is -2.50. The Morgan fingerprint density at radius 1 is 1.15 bits per heavy atom. The summed E-state index contributed by atoms with van der Waals surface area (Å²) in [6.45, 7) is 8.05. The van der Waals surface area contributed by atoms with Crippen molar-refractivity contribution in [2.45, 2.75) is 26.8 Å². The van der Waals surface area contributed by atoms with Crippen LogP contribution in [0.25, 0.3) is 16.6 Å². The first-order valence-electron chi connectivity index (χ1n) is 9.01. The molecule has 0 radical (unpaired) electrons. The molecule has 1 aromatic heterocycles. The summed E-state index contributed by atoms with van der Waals surface area (Å²) in [5.74, 6) is 0.703. The highest BCUT2D eigenvalue weighted by Crippen LogP contribution is 2.18. The number of ether oxygens (including phenoxy) is 1. The van der Waals surface area contributed by atoms with E-state index in [1.807, 2.05) is 69.3 Å². The van der Waals surface area contributed by atoms with Gasteiger partial charge in [-0.3, -0.25) is 9.36 Å². The average molecular weight is 351 g/mol. The number of nitrogens with one attached hydrogen (secondary N) is 1. The minimum atomic E-state index is -0.0888. The number of rotatable bonds is 7. The molecule has 136 valence electrons. The highest BCUT2D eigenvalue weighted by molar-refractivity contribution is 5.77. The fourth-order valence-corrected chi connectivity index (χ4v) is 2.97. The Morgan fingerprint density at radius 3 is 2.62 bits per heavy atom. The van der Waals surface area contributed by atoms with Gasteiger partial charge in [0.2, 0.25) is 0 Å². The quantitative estimate of drug-likeness (QED) is 0.663. The van der Waals surface area contributed by atoms with Crippen molar-refractivity contribution in [2.75, 3.05) is 19.8 Å². The predicted octanol–water partition coefficient (Wildman–Crippen LogP) is 3.38.